The number of anilines is 1. The van der Waals surface area contributed by atoms with E-state index in [4.69, 9.17) is 10.00 Å². The van der Waals surface area contributed by atoms with Gasteiger partial charge in [0.1, 0.15) is 0 Å². The first kappa shape index (κ1) is 14.9. The van der Waals surface area contributed by atoms with Crippen LogP contribution in [0.1, 0.15) is 31.3 Å². The number of carbonyl (C=O) groups excluding carboxylic acids is 1. The van der Waals surface area contributed by atoms with Crippen LogP contribution in [0, 0.1) is 17.2 Å². The van der Waals surface area contributed by atoms with E-state index < -0.39 is 0 Å². The Labute approximate surface area is 141 Å². The second kappa shape index (κ2) is 6.06. The number of fused-ring (bicyclic) bond motifs is 2. The maximum atomic E-state index is 12.9. The molecule has 2 saturated heterocycles. The van der Waals surface area contributed by atoms with Crippen molar-refractivity contribution >= 4 is 11.6 Å². The van der Waals surface area contributed by atoms with E-state index in [9.17, 15) is 4.79 Å². The third kappa shape index (κ3) is 2.55. The first-order chi connectivity index (χ1) is 11.8. The second-order valence-electron chi connectivity index (χ2n) is 6.30. The van der Waals surface area contributed by atoms with Gasteiger partial charge in [-0.25, -0.2) is 0 Å². The lowest BCUT2D eigenvalue weighted by atomic mass is 9.75. The first-order valence-electron chi connectivity index (χ1n) is 8.12. The minimum atomic E-state index is -0.193. The van der Waals surface area contributed by atoms with Crippen molar-refractivity contribution in [3.8, 4) is 6.07 Å². The van der Waals surface area contributed by atoms with Gasteiger partial charge in [0.05, 0.1) is 29.8 Å². The SMILES string of the molecule is N#Cc1ccc(NC(=O)[C@H]2[C@H](c3ccncc3)[C@@H]3CC[C@H]2O3)cc1.[HH]. The van der Waals surface area contributed by atoms with Gasteiger partial charge in [-0.1, -0.05) is 0 Å². The van der Waals surface area contributed by atoms with Crippen LogP contribution in [0.3, 0.4) is 0 Å². The van der Waals surface area contributed by atoms with Crippen molar-refractivity contribution < 1.29 is 11.0 Å². The quantitative estimate of drug-likeness (QED) is 0.942. The van der Waals surface area contributed by atoms with Gasteiger partial charge in [0, 0.05) is 25.4 Å². The Morgan fingerprint density at radius 1 is 1.17 bits per heavy atom. The minimum absolute atomic E-state index is 0. The molecule has 2 aliphatic heterocycles. The van der Waals surface area contributed by atoms with Crippen LogP contribution in [0.15, 0.2) is 48.8 Å². The van der Waals surface area contributed by atoms with Crippen LogP contribution in [0.5, 0.6) is 0 Å². The molecule has 2 aliphatic rings. The largest absolute Gasteiger partial charge is 0.373 e. The van der Waals surface area contributed by atoms with Crippen molar-refractivity contribution in [3.05, 3.63) is 59.9 Å². The lowest BCUT2D eigenvalue weighted by Gasteiger charge is -2.27. The minimum Gasteiger partial charge on any atom is -0.373 e. The van der Waals surface area contributed by atoms with Gasteiger partial charge in [-0.05, 0) is 54.8 Å². The molecular formula is C19H19N3O2. The number of hydrogen-bond donors (Lipinski definition) is 1. The summed E-state index contributed by atoms with van der Waals surface area (Å²) < 4.78 is 6.02. The molecule has 122 valence electrons. The van der Waals surface area contributed by atoms with Crippen LogP contribution >= 0.6 is 0 Å². The zero-order valence-electron chi connectivity index (χ0n) is 13.1. The monoisotopic (exact) mass is 321 g/mol. The van der Waals surface area contributed by atoms with Crippen molar-refractivity contribution in [2.75, 3.05) is 5.32 Å². The standard InChI is InChI=1S/C19H17N3O2.H2/c20-11-12-1-3-14(4-2-12)22-19(23)18-16-6-5-15(24-16)17(18)13-7-9-21-10-8-13;/h1-4,7-10,15-18H,5-6H2,(H,22,23);1H/t15-,16+,17+,18+;/m0./s1. The summed E-state index contributed by atoms with van der Waals surface area (Å²) in [6.07, 6.45) is 5.53. The molecule has 0 radical (unpaired) electrons. The molecule has 4 atom stereocenters. The van der Waals surface area contributed by atoms with E-state index in [2.05, 4.69) is 16.4 Å². The first-order valence-corrected chi connectivity index (χ1v) is 8.12. The van der Waals surface area contributed by atoms with Gasteiger partial charge < -0.3 is 10.1 Å². The molecule has 0 saturated carbocycles. The molecule has 2 bridgehead atoms. The Morgan fingerprint density at radius 2 is 1.88 bits per heavy atom. The molecule has 1 aromatic carbocycles. The van der Waals surface area contributed by atoms with Gasteiger partial charge >= 0.3 is 0 Å². The highest BCUT2D eigenvalue weighted by molar-refractivity contribution is 5.94. The van der Waals surface area contributed by atoms with Crippen molar-refractivity contribution in [1.82, 2.24) is 4.98 Å². The number of nitrogens with zero attached hydrogens (tertiary/aromatic N) is 2. The topological polar surface area (TPSA) is 75.0 Å². The number of benzene rings is 1. The van der Waals surface area contributed by atoms with Crippen LogP contribution in [0.25, 0.3) is 0 Å². The van der Waals surface area contributed by atoms with Gasteiger partial charge in [0.25, 0.3) is 0 Å². The molecule has 0 spiro atoms. The summed E-state index contributed by atoms with van der Waals surface area (Å²) in [5, 5.41) is 11.8. The van der Waals surface area contributed by atoms with Gasteiger partial charge in [-0.3, -0.25) is 9.78 Å². The highest BCUT2D eigenvalue weighted by atomic mass is 16.5. The van der Waals surface area contributed by atoms with Gasteiger partial charge in [-0.2, -0.15) is 5.26 Å². The van der Waals surface area contributed by atoms with Crippen LogP contribution in [0.4, 0.5) is 5.69 Å². The molecule has 24 heavy (non-hydrogen) atoms. The van der Waals surface area contributed by atoms with Crippen molar-refractivity contribution in [1.29, 1.82) is 5.26 Å². The van der Waals surface area contributed by atoms with E-state index in [-0.39, 0.29) is 31.4 Å². The van der Waals surface area contributed by atoms with E-state index >= 15 is 0 Å². The second-order valence-corrected chi connectivity index (χ2v) is 6.30. The van der Waals surface area contributed by atoms with E-state index in [0.29, 0.717) is 11.3 Å². The molecule has 0 aliphatic carbocycles. The Bertz CT molecular complexity index is 789. The molecule has 1 N–H and O–H groups in total. The number of pyridine rings is 1. The highest BCUT2D eigenvalue weighted by Gasteiger charge is 2.52. The van der Waals surface area contributed by atoms with Gasteiger partial charge in [0.2, 0.25) is 5.91 Å². The zero-order chi connectivity index (χ0) is 16.5. The summed E-state index contributed by atoms with van der Waals surface area (Å²) in [6, 6.07) is 12.9. The van der Waals surface area contributed by atoms with Crippen molar-refractivity contribution in [2.24, 2.45) is 5.92 Å². The van der Waals surface area contributed by atoms with Gasteiger partial charge in [-0.15, -0.1) is 0 Å². The molecule has 2 aromatic rings. The summed E-state index contributed by atoms with van der Waals surface area (Å²) in [6.45, 7) is 0. The van der Waals surface area contributed by atoms with Crippen molar-refractivity contribution in [3.63, 3.8) is 0 Å². The maximum absolute atomic E-state index is 12.9. The molecular weight excluding hydrogens is 302 g/mol. The molecule has 3 heterocycles. The van der Waals surface area contributed by atoms with E-state index in [1.165, 1.54) is 0 Å². The number of hydrogen-bond acceptors (Lipinski definition) is 4. The predicted octanol–water partition coefficient (Wildman–Crippen LogP) is 3.10. The van der Waals surface area contributed by atoms with Gasteiger partial charge in [0.15, 0.2) is 0 Å². The molecule has 0 unspecified atom stereocenters. The Kier molecular flexibility index (Phi) is 3.75. The lowest BCUT2D eigenvalue weighted by Crippen LogP contribution is -2.36. The summed E-state index contributed by atoms with van der Waals surface area (Å²) in [5.74, 6) is -0.138. The predicted molar refractivity (Wildman–Crippen MR) is 90.3 cm³/mol. The molecule has 1 aromatic heterocycles. The number of aromatic nitrogens is 1. The third-order valence-corrected chi connectivity index (χ3v) is 4.95. The van der Waals surface area contributed by atoms with E-state index in [1.54, 1.807) is 36.7 Å². The highest BCUT2D eigenvalue weighted by Crippen LogP contribution is 2.49. The molecule has 5 nitrogen and oxygen atoms in total. The van der Waals surface area contributed by atoms with Crippen LogP contribution in [0.2, 0.25) is 0 Å². The maximum Gasteiger partial charge on any atom is 0.230 e. The number of carbonyl (C=O) groups is 1. The number of nitriles is 1. The number of rotatable bonds is 3. The van der Waals surface area contributed by atoms with Crippen LogP contribution in [-0.2, 0) is 9.53 Å². The molecule has 5 heteroatoms. The molecule has 1 amide bonds. The summed E-state index contributed by atoms with van der Waals surface area (Å²) >= 11 is 0. The van der Waals surface area contributed by atoms with Crippen molar-refractivity contribution in [2.45, 2.75) is 31.0 Å². The Morgan fingerprint density at radius 3 is 2.58 bits per heavy atom. The van der Waals surface area contributed by atoms with E-state index in [0.717, 1.165) is 18.4 Å². The fourth-order valence-corrected chi connectivity index (χ4v) is 3.87. The molecule has 4 rings (SSSR count). The normalized spacial score (nSPS) is 27.6. The lowest BCUT2D eigenvalue weighted by molar-refractivity contribution is -0.121. The summed E-state index contributed by atoms with van der Waals surface area (Å²) in [4.78, 5) is 16.9. The number of amides is 1. The Hall–Kier alpha value is -2.71. The zero-order valence-corrected chi connectivity index (χ0v) is 13.1. The third-order valence-electron chi connectivity index (χ3n) is 4.95. The summed E-state index contributed by atoms with van der Waals surface area (Å²) in [7, 11) is 0. The summed E-state index contributed by atoms with van der Waals surface area (Å²) in [5.41, 5.74) is 2.39. The fraction of sp³-hybridized carbons (Fsp3) is 0.316. The molecule has 2 fully saturated rings. The van der Waals surface area contributed by atoms with E-state index in [1.807, 2.05) is 12.1 Å². The average Bonchev–Trinajstić information content (AvgIpc) is 3.24. The Balaban J connectivity index is 0.00000182. The fourth-order valence-electron chi connectivity index (χ4n) is 3.87. The van der Waals surface area contributed by atoms with Crippen LogP contribution < -0.4 is 5.32 Å². The smallest absolute Gasteiger partial charge is 0.230 e. The average molecular weight is 321 g/mol. The van der Waals surface area contributed by atoms with Crippen LogP contribution in [-0.4, -0.2) is 23.1 Å². The number of nitrogens with one attached hydrogen (secondary N) is 1. The number of ether oxygens (including phenoxy) is 1.